The van der Waals surface area contributed by atoms with E-state index in [4.69, 9.17) is 4.79 Å². The molecule has 0 aromatic rings. The summed E-state index contributed by atoms with van der Waals surface area (Å²) in [6, 6.07) is 0. The van der Waals surface area contributed by atoms with E-state index in [9.17, 15) is 4.79 Å². The molecule has 0 unspecified atom stereocenters. The van der Waals surface area contributed by atoms with Crippen LogP contribution in [0.15, 0.2) is 12.7 Å². The van der Waals surface area contributed by atoms with Crippen molar-refractivity contribution in [1.29, 1.82) is 0 Å². The van der Waals surface area contributed by atoms with E-state index < -0.39 is 0 Å². The Morgan fingerprint density at radius 2 is 2.09 bits per heavy atom. The van der Waals surface area contributed by atoms with Crippen molar-refractivity contribution in [2.45, 2.75) is 19.8 Å². The van der Waals surface area contributed by atoms with Gasteiger partial charge in [0, 0.05) is 6.08 Å². The van der Waals surface area contributed by atoms with E-state index in [2.05, 4.69) is 11.3 Å². The van der Waals surface area contributed by atoms with Crippen LogP contribution in [0.25, 0.3) is 0 Å². The van der Waals surface area contributed by atoms with Crippen LogP contribution in [-0.4, -0.2) is 19.4 Å². The summed E-state index contributed by atoms with van der Waals surface area (Å²) in [7, 11) is 0. The van der Waals surface area contributed by atoms with E-state index in [0.717, 1.165) is 12.8 Å². The number of esters is 1. The molecule has 0 aliphatic carbocycles. The Morgan fingerprint density at radius 1 is 1.55 bits per heavy atom. The lowest BCUT2D eigenvalue weighted by molar-refractivity contribution is -0.137. The molecule has 0 heterocycles. The second-order valence-electron chi connectivity index (χ2n) is 1.73. The molecule has 0 aromatic carbocycles. The Kier molecular flexibility index (Phi) is 13.3. The van der Waals surface area contributed by atoms with Gasteiger partial charge in [-0.05, 0) is 6.42 Å². The van der Waals surface area contributed by atoms with Crippen LogP contribution in [0.5, 0.6) is 0 Å². The zero-order valence-electron chi connectivity index (χ0n) is 6.84. The molecule has 3 nitrogen and oxygen atoms in total. The van der Waals surface area contributed by atoms with Crippen molar-refractivity contribution in [2.24, 2.45) is 0 Å². The fraction of sp³-hybridized carbons (Fsp3) is 0.500. The third-order valence-corrected chi connectivity index (χ3v) is 0.909. The van der Waals surface area contributed by atoms with Crippen LogP contribution in [0.4, 0.5) is 0 Å². The first-order valence-corrected chi connectivity index (χ1v) is 3.39. The maximum atomic E-state index is 10.3. The van der Waals surface area contributed by atoms with Crippen LogP contribution in [0.3, 0.4) is 0 Å². The van der Waals surface area contributed by atoms with Gasteiger partial charge in [0.1, 0.15) is 6.79 Å². The lowest BCUT2D eigenvalue weighted by Crippen LogP contribution is -2.00. The molecule has 0 saturated carbocycles. The van der Waals surface area contributed by atoms with E-state index in [0.29, 0.717) is 6.61 Å². The minimum Gasteiger partial charge on any atom is -0.463 e. The topological polar surface area (TPSA) is 43.4 Å². The summed E-state index contributed by atoms with van der Waals surface area (Å²) in [6.45, 7) is 7.82. The Labute approximate surface area is 67.0 Å². The van der Waals surface area contributed by atoms with Crippen molar-refractivity contribution in [1.82, 2.24) is 0 Å². The van der Waals surface area contributed by atoms with Gasteiger partial charge in [-0.25, -0.2) is 4.79 Å². The predicted molar refractivity (Wildman–Crippen MR) is 43.2 cm³/mol. The highest BCUT2D eigenvalue weighted by molar-refractivity contribution is 5.81. The lowest BCUT2D eigenvalue weighted by atomic mass is 10.4. The van der Waals surface area contributed by atoms with Gasteiger partial charge in [-0.1, -0.05) is 19.9 Å². The van der Waals surface area contributed by atoms with Gasteiger partial charge in [0.25, 0.3) is 0 Å². The fourth-order valence-corrected chi connectivity index (χ4v) is 0.376. The number of hydrogen-bond acceptors (Lipinski definition) is 3. The highest BCUT2D eigenvalue weighted by Crippen LogP contribution is 1.88. The summed E-state index contributed by atoms with van der Waals surface area (Å²) in [5.74, 6) is -0.330. The number of hydrogen-bond donors (Lipinski definition) is 0. The monoisotopic (exact) mass is 158 g/mol. The van der Waals surface area contributed by atoms with Gasteiger partial charge >= 0.3 is 5.97 Å². The molecule has 0 fully saturated rings. The highest BCUT2D eigenvalue weighted by Gasteiger charge is 1.91. The number of rotatable bonds is 4. The quantitative estimate of drug-likeness (QED) is 0.352. The molecule has 0 amide bonds. The zero-order valence-corrected chi connectivity index (χ0v) is 6.84. The second kappa shape index (κ2) is 11.6. The summed E-state index contributed by atoms with van der Waals surface area (Å²) in [5.41, 5.74) is 0. The van der Waals surface area contributed by atoms with E-state index in [-0.39, 0.29) is 5.97 Å². The lowest BCUT2D eigenvalue weighted by Gasteiger charge is -1.97. The molecule has 0 N–H and O–H groups in total. The van der Waals surface area contributed by atoms with Crippen LogP contribution in [0, 0.1) is 0 Å². The minimum absolute atomic E-state index is 0.330. The van der Waals surface area contributed by atoms with Crippen molar-refractivity contribution in [2.75, 3.05) is 6.61 Å². The maximum absolute atomic E-state index is 10.3. The first-order valence-electron chi connectivity index (χ1n) is 3.39. The zero-order chi connectivity index (χ0) is 9.11. The summed E-state index contributed by atoms with van der Waals surface area (Å²) in [6.07, 6.45) is 3.15. The third-order valence-electron chi connectivity index (χ3n) is 0.909. The van der Waals surface area contributed by atoms with Crippen LogP contribution in [0.1, 0.15) is 19.8 Å². The summed E-state index contributed by atoms with van der Waals surface area (Å²) in [4.78, 5) is 18.3. The Morgan fingerprint density at radius 3 is 2.45 bits per heavy atom. The van der Waals surface area contributed by atoms with Crippen LogP contribution >= 0.6 is 0 Å². The number of ether oxygens (including phenoxy) is 1. The Bertz CT molecular complexity index is 110. The molecule has 0 saturated heterocycles. The van der Waals surface area contributed by atoms with Crippen molar-refractivity contribution in [3.8, 4) is 0 Å². The number of carbonyl (C=O) groups is 2. The molecule has 0 aliphatic heterocycles. The van der Waals surface area contributed by atoms with Crippen LogP contribution in [-0.2, 0) is 14.3 Å². The summed E-state index contributed by atoms with van der Waals surface area (Å²) >= 11 is 0. The van der Waals surface area contributed by atoms with E-state index in [1.54, 1.807) is 0 Å². The Hall–Kier alpha value is -1.12. The van der Waals surface area contributed by atoms with Crippen molar-refractivity contribution in [3.63, 3.8) is 0 Å². The fourth-order valence-electron chi connectivity index (χ4n) is 0.376. The molecule has 3 heteroatoms. The molecule has 0 rings (SSSR count). The predicted octanol–water partition coefficient (Wildman–Crippen LogP) is 1.33. The molecule has 0 radical (unpaired) electrons. The molecule has 0 aromatic heterocycles. The van der Waals surface area contributed by atoms with E-state index in [1.807, 2.05) is 13.7 Å². The molecular weight excluding hydrogens is 144 g/mol. The molecule has 0 bridgehead atoms. The molecule has 0 aliphatic rings. The molecular formula is C8H14O3. The smallest absolute Gasteiger partial charge is 0.330 e. The Balaban J connectivity index is 0. The number of carbonyl (C=O) groups excluding carboxylic acids is 2. The average molecular weight is 158 g/mol. The number of unbranched alkanes of at least 4 members (excludes halogenated alkanes) is 1. The van der Waals surface area contributed by atoms with Gasteiger partial charge < -0.3 is 9.53 Å². The average Bonchev–Trinajstić information content (AvgIpc) is 2.08. The van der Waals surface area contributed by atoms with Crippen molar-refractivity contribution >= 4 is 12.8 Å². The standard InChI is InChI=1S/C7H12O2.CH2O/c1-3-5-6-9-7(8)4-2;1-2/h4H,2-3,5-6H2,1H3;1H2. The SMILES string of the molecule is C=CC(=O)OCCCC.C=O. The van der Waals surface area contributed by atoms with Crippen molar-refractivity contribution in [3.05, 3.63) is 12.7 Å². The third kappa shape index (κ3) is 12.2. The maximum Gasteiger partial charge on any atom is 0.330 e. The van der Waals surface area contributed by atoms with E-state index in [1.165, 1.54) is 6.08 Å². The van der Waals surface area contributed by atoms with Crippen LogP contribution < -0.4 is 0 Å². The second-order valence-corrected chi connectivity index (χ2v) is 1.73. The largest absolute Gasteiger partial charge is 0.463 e. The molecule has 0 atom stereocenters. The summed E-state index contributed by atoms with van der Waals surface area (Å²) in [5, 5.41) is 0. The van der Waals surface area contributed by atoms with Gasteiger partial charge in [-0.2, -0.15) is 0 Å². The molecule has 0 spiro atoms. The first kappa shape index (κ1) is 12.5. The normalized spacial score (nSPS) is 7.36. The van der Waals surface area contributed by atoms with Gasteiger partial charge in [0.05, 0.1) is 6.61 Å². The van der Waals surface area contributed by atoms with E-state index >= 15 is 0 Å². The molecule has 11 heavy (non-hydrogen) atoms. The van der Waals surface area contributed by atoms with Crippen molar-refractivity contribution < 1.29 is 14.3 Å². The van der Waals surface area contributed by atoms with Gasteiger partial charge in [0.15, 0.2) is 0 Å². The molecule has 64 valence electrons. The van der Waals surface area contributed by atoms with Gasteiger partial charge in [-0.3, -0.25) is 0 Å². The first-order chi connectivity index (χ1) is 5.31. The summed E-state index contributed by atoms with van der Waals surface area (Å²) < 4.78 is 4.67. The van der Waals surface area contributed by atoms with Gasteiger partial charge in [-0.15, -0.1) is 0 Å². The van der Waals surface area contributed by atoms with Crippen LogP contribution in [0.2, 0.25) is 0 Å². The highest BCUT2D eigenvalue weighted by atomic mass is 16.5. The minimum atomic E-state index is -0.330. The van der Waals surface area contributed by atoms with Gasteiger partial charge in [0.2, 0.25) is 0 Å².